The summed E-state index contributed by atoms with van der Waals surface area (Å²) in [4.78, 5) is 43.6. The highest BCUT2D eigenvalue weighted by molar-refractivity contribution is 5.93. The lowest BCUT2D eigenvalue weighted by atomic mass is 9.89. The van der Waals surface area contributed by atoms with Gasteiger partial charge in [0, 0.05) is 42.2 Å². The van der Waals surface area contributed by atoms with E-state index in [0.717, 1.165) is 47.8 Å². The first-order valence-electron chi connectivity index (χ1n) is 23.2. The highest BCUT2D eigenvalue weighted by Crippen LogP contribution is 2.38. The number of hydrogen-bond acceptors (Lipinski definition) is 4. The molecule has 0 aliphatic heterocycles. The van der Waals surface area contributed by atoms with E-state index < -0.39 is 18.1 Å². The summed E-state index contributed by atoms with van der Waals surface area (Å²) < 4.78 is 0. The molecule has 0 radical (unpaired) electrons. The third-order valence-corrected chi connectivity index (χ3v) is 12.3. The van der Waals surface area contributed by atoms with Gasteiger partial charge in [0.05, 0.1) is 6.04 Å². The largest absolute Gasteiger partial charge is 0.373 e. The summed E-state index contributed by atoms with van der Waals surface area (Å²) in [6, 6.07) is 14.9. The summed E-state index contributed by atoms with van der Waals surface area (Å²) in [5.41, 5.74) is 10.9. The SMILES string of the molecule is CCCCCCCCC(CCC)c1ccc(NC(Cc2c[nH]c3ccccc23)C(=O)N[C@H](CCCNC(N)=O)C(=O)CC2CCC(C3=C\C=C/C=C\C=C/C=C\C=C3)C2)cc1. The molecule has 1 fully saturated rings. The van der Waals surface area contributed by atoms with Gasteiger partial charge in [0.25, 0.3) is 0 Å². The number of rotatable bonds is 24. The minimum atomic E-state index is -0.694. The Bertz CT molecular complexity index is 2000. The van der Waals surface area contributed by atoms with Crippen LogP contribution in [-0.4, -0.2) is 41.3 Å². The number of urea groups is 1. The number of fused-ring (bicyclic) bond motifs is 1. The fourth-order valence-electron chi connectivity index (χ4n) is 8.98. The molecule has 326 valence electrons. The number of para-hydroxylation sites is 1. The second-order valence-electron chi connectivity index (χ2n) is 17.0. The van der Waals surface area contributed by atoms with Gasteiger partial charge < -0.3 is 26.7 Å². The van der Waals surface area contributed by atoms with Crippen molar-refractivity contribution in [3.8, 4) is 0 Å². The van der Waals surface area contributed by atoms with Crippen LogP contribution >= 0.6 is 0 Å². The number of nitrogens with one attached hydrogen (secondary N) is 4. The number of carbonyl (C=O) groups excluding carboxylic acids is 3. The summed E-state index contributed by atoms with van der Waals surface area (Å²) in [6.45, 7) is 4.85. The fourth-order valence-corrected chi connectivity index (χ4v) is 8.98. The predicted octanol–water partition coefficient (Wildman–Crippen LogP) is 11.9. The first-order chi connectivity index (χ1) is 29.8. The number of amides is 3. The molecule has 8 heteroatoms. The molecule has 0 spiro atoms. The number of aromatic nitrogens is 1. The first-order valence-corrected chi connectivity index (χ1v) is 23.2. The maximum absolute atomic E-state index is 14.5. The van der Waals surface area contributed by atoms with E-state index in [0.29, 0.717) is 44.1 Å². The molecule has 6 N–H and O–H groups in total. The van der Waals surface area contributed by atoms with Crippen LogP contribution in [0.25, 0.3) is 10.9 Å². The van der Waals surface area contributed by atoms with Crippen LogP contribution in [0.3, 0.4) is 0 Å². The van der Waals surface area contributed by atoms with Crippen LogP contribution in [0.2, 0.25) is 0 Å². The van der Waals surface area contributed by atoms with Gasteiger partial charge in [-0.25, -0.2) is 4.79 Å². The number of carbonyl (C=O) groups is 3. The summed E-state index contributed by atoms with van der Waals surface area (Å²) in [6.07, 6.45) is 40.5. The van der Waals surface area contributed by atoms with Crippen molar-refractivity contribution >= 4 is 34.3 Å². The van der Waals surface area contributed by atoms with Crippen molar-refractivity contribution in [2.75, 3.05) is 11.9 Å². The molecule has 2 aliphatic carbocycles. The molecule has 61 heavy (non-hydrogen) atoms. The van der Waals surface area contributed by atoms with E-state index >= 15 is 0 Å². The van der Waals surface area contributed by atoms with Crippen LogP contribution in [0.4, 0.5) is 10.5 Å². The summed E-state index contributed by atoms with van der Waals surface area (Å²) in [5.74, 6) is 0.905. The Morgan fingerprint density at radius 1 is 0.754 bits per heavy atom. The Kier molecular flexibility index (Phi) is 20.0. The molecular formula is C53H71N5O3. The number of benzene rings is 2. The smallest absolute Gasteiger partial charge is 0.312 e. The molecule has 8 nitrogen and oxygen atoms in total. The lowest BCUT2D eigenvalue weighted by Crippen LogP contribution is -2.49. The van der Waals surface area contributed by atoms with E-state index in [1.807, 2.05) is 66.9 Å². The van der Waals surface area contributed by atoms with Gasteiger partial charge in [-0.1, -0.05) is 156 Å². The van der Waals surface area contributed by atoms with Crippen molar-refractivity contribution in [1.29, 1.82) is 0 Å². The van der Waals surface area contributed by atoms with E-state index in [-0.39, 0.29) is 17.6 Å². The maximum atomic E-state index is 14.5. The normalized spacial score (nSPS) is 20.0. The Morgan fingerprint density at radius 2 is 1.48 bits per heavy atom. The number of primary amides is 1. The molecule has 1 heterocycles. The van der Waals surface area contributed by atoms with Gasteiger partial charge in [0.2, 0.25) is 5.91 Å². The second kappa shape index (κ2) is 26.1. The number of aromatic amines is 1. The van der Waals surface area contributed by atoms with E-state index in [4.69, 9.17) is 5.73 Å². The third kappa shape index (κ3) is 15.9. The number of hydrogen-bond donors (Lipinski definition) is 5. The lowest BCUT2D eigenvalue weighted by molar-refractivity contribution is -0.128. The molecule has 0 bridgehead atoms. The number of H-pyrrole nitrogens is 1. The fraction of sp³-hybridized carbons (Fsp3) is 0.453. The van der Waals surface area contributed by atoms with Gasteiger partial charge >= 0.3 is 6.03 Å². The average Bonchev–Trinajstić information content (AvgIpc) is 3.90. The number of ketones is 1. The average molecular weight is 826 g/mol. The Morgan fingerprint density at radius 3 is 2.23 bits per heavy atom. The van der Waals surface area contributed by atoms with Crippen LogP contribution in [0, 0.1) is 11.8 Å². The Balaban J connectivity index is 1.30. The maximum Gasteiger partial charge on any atom is 0.312 e. The zero-order valence-corrected chi connectivity index (χ0v) is 36.8. The number of anilines is 1. The molecule has 4 unspecified atom stereocenters. The number of nitrogens with two attached hydrogens (primary N) is 1. The molecule has 2 aliphatic rings. The molecule has 5 atom stereocenters. The van der Waals surface area contributed by atoms with Crippen molar-refractivity contribution < 1.29 is 14.4 Å². The quantitative estimate of drug-likeness (QED) is 0.0576. The van der Waals surface area contributed by atoms with E-state index in [9.17, 15) is 14.4 Å². The molecule has 3 amide bonds. The predicted molar refractivity (Wildman–Crippen MR) is 254 cm³/mol. The lowest BCUT2D eigenvalue weighted by Gasteiger charge is -2.25. The van der Waals surface area contributed by atoms with E-state index in [2.05, 4.69) is 89.4 Å². The molecule has 2 aromatic carbocycles. The highest BCUT2D eigenvalue weighted by atomic mass is 16.2. The van der Waals surface area contributed by atoms with Crippen molar-refractivity contribution in [3.63, 3.8) is 0 Å². The van der Waals surface area contributed by atoms with Crippen molar-refractivity contribution in [2.24, 2.45) is 17.6 Å². The molecule has 1 aromatic heterocycles. The number of allylic oxidation sites excluding steroid dienone is 12. The second-order valence-corrected chi connectivity index (χ2v) is 17.0. The van der Waals surface area contributed by atoms with Gasteiger partial charge in [-0.2, -0.15) is 0 Å². The van der Waals surface area contributed by atoms with E-state index in [1.54, 1.807) is 0 Å². The van der Waals surface area contributed by atoms with Gasteiger partial charge in [-0.05, 0) is 97.6 Å². The topological polar surface area (TPSA) is 129 Å². The first kappa shape index (κ1) is 46.7. The summed E-state index contributed by atoms with van der Waals surface area (Å²) in [5, 5.41) is 10.5. The minimum absolute atomic E-state index is 0.0311. The van der Waals surface area contributed by atoms with Crippen LogP contribution in [-0.2, 0) is 16.0 Å². The van der Waals surface area contributed by atoms with Gasteiger partial charge in [0.15, 0.2) is 5.78 Å². The highest BCUT2D eigenvalue weighted by Gasteiger charge is 2.32. The monoisotopic (exact) mass is 826 g/mol. The van der Waals surface area contributed by atoms with Crippen LogP contribution in [0.5, 0.6) is 0 Å². The van der Waals surface area contributed by atoms with Crippen LogP contribution in [0.1, 0.15) is 127 Å². The van der Waals surface area contributed by atoms with Crippen molar-refractivity contribution in [1.82, 2.24) is 15.6 Å². The Hall–Kier alpha value is -5.37. The molecule has 0 saturated heterocycles. The van der Waals surface area contributed by atoms with Gasteiger partial charge in [0.1, 0.15) is 6.04 Å². The minimum Gasteiger partial charge on any atom is -0.373 e. The van der Waals surface area contributed by atoms with Gasteiger partial charge in [-0.3, -0.25) is 9.59 Å². The van der Waals surface area contributed by atoms with Crippen molar-refractivity contribution in [3.05, 3.63) is 138 Å². The molecule has 1 saturated carbocycles. The van der Waals surface area contributed by atoms with E-state index in [1.165, 1.54) is 62.5 Å². The summed E-state index contributed by atoms with van der Waals surface area (Å²) in [7, 11) is 0. The van der Waals surface area contributed by atoms with Crippen molar-refractivity contribution in [2.45, 2.75) is 135 Å². The molecular weight excluding hydrogens is 755 g/mol. The van der Waals surface area contributed by atoms with Crippen LogP contribution < -0.4 is 21.7 Å². The standard InChI is InChI=1S/C53H71N5O3/c1-3-5-6-7-13-16-23-41(22-4-2)43-31-33-46(34-32-43)57-50(38-45-39-56-48-27-20-19-26-47(45)48)52(60)58-49(28-21-35-55-53(54)61)51(59)37-40-29-30-44(36-40)42-24-17-14-11-9-8-10-12-15-18-25-42/h8-12,14-15,17-20,24-27,31-34,39-41,44,49-50,56-57H,3-7,13,16,21-23,28-30,35-38H2,1-2H3,(H,58,60)(H3,54,55,61)/b9-8-,10-8?,11-9?,12-10-,14-11-,15-12?,17-14?,18-15-,24-17?,25-18?,42-24?,42-25?/t40?,41?,44?,49-,50?/m1/s1. The third-order valence-electron chi connectivity index (χ3n) is 12.3. The number of unbranched alkanes of at least 4 members (excludes halogenated alkanes) is 5. The molecule has 5 rings (SSSR count). The van der Waals surface area contributed by atoms with Gasteiger partial charge in [-0.15, -0.1) is 0 Å². The summed E-state index contributed by atoms with van der Waals surface area (Å²) >= 11 is 0. The van der Waals surface area contributed by atoms with Crippen LogP contribution in [0.15, 0.2) is 127 Å². The zero-order chi connectivity index (χ0) is 43.1. The number of Topliss-reactive ketones (excluding diaryl/α,β-unsaturated/α-hetero) is 1. The molecule has 3 aromatic rings. The zero-order valence-electron chi connectivity index (χ0n) is 36.8. The Labute approximate surface area is 365 Å².